The molecule has 1 aromatic heterocycles. The van der Waals surface area contributed by atoms with Gasteiger partial charge in [0.1, 0.15) is 7.85 Å². The van der Waals surface area contributed by atoms with E-state index in [1.807, 2.05) is 12.1 Å². The van der Waals surface area contributed by atoms with Crippen molar-refractivity contribution in [1.29, 1.82) is 0 Å². The van der Waals surface area contributed by atoms with Gasteiger partial charge in [-0.1, -0.05) is 121 Å². The minimum absolute atomic E-state index is 0.399. The summed E-state index contributed by atoms with van der Waals surface area (Å²) in [5, 5.41) is 1.20. The van der Waals surface area contributed by atoms with Crippen LogP contribution in [0.3, 0.4) is 0 Å². The Balaban J connectivity index is 1.64. The fourth-order valence-electron chi connectivity index (χ4n) is 6.67. The number of hydrogen-bond donors (Lipinski definition) is 0. The number of fused-ring (bicyclic) bond motifs is 12. The van der Waals surface area contributed by atoms with Gasteiger partial charge in [0.15, 0.2) is 0 Å². The lowest BCUT2D eigenvalue weighted by Crippen LogP contribution is -2.26. The molecule has 1 heterocycles. The van der Waals surface area contributed by atoms with Gasteiger partial charge in [0.05, 0.1) is 16.6 Å². The van der Waals surface area contributed by atoms with Crippen LogP contribution < -0.4 is 5.46 Å². The normalized spacial score (nSPS) is 13.9. The SMILES string of the molecule is [B]c1ccc(-c2nc3ccccc3c3c2-c2ccccc2C32c3ccccc3-c3ccccc32)cc1. The highest BCUT2D eigenvalue weighted by Gasteiger charge is 2.53. The van der Waals surface area contributed by atoms with Crippen molar-refractivity contribution in [2.24, 2.45) is 0 Å². The first-order chi connectivity index (χ1) is 17.8. The van der Waals surface area contributed by atoms with Crippen molar-refractivity contribution in [3.05, 3.63) is 144 Å². The number of pyridine rings is 1. The van der Waals surface area contributed by atoms with Crippen LogP contribution in [0.1, 0.15) is 22.3 Å². The number of aromatic nitrogens is 1. The van der Waals surface area contributed by atoms with Crippen LogP contribution >= 0.6 is 0 Å². The minimum atomic E-state index is -0.399. The summed E-state index contributed by atoms with van der Waals surface area (Å²) in [5.41, 5.74) is 13.9. The predicted molar refractivity (Wildman–Crippen MR) is 149 cm³/mol. The molecule has 2 heteroatoms. The van der Waals surface area contributed by atoms with Gasteiger partial charge >= 0.3 is 0 Å². The van der Waals surface area contributed by atoms with Crippen LogP contribution in [0.25, 0.3) is 44.4 Å². The predicted octanol–water partition coefficient (Wildman–Crippen LogP) is 7.04. The van der Waals surface area contributed by atoms with E-state index in [2.05, 4.69) is 109 Å². The van der Waals surface area contributed by atoms with Crippen LogP contribution in [0, 0.1) is 0 Å². The maximum Gasteiger partial charge on any atom is 0.113 e. The zero-order chi connectivity index (χ0) is 23.9. The van der Waals surface area contributed by atoms with Gasteiger partial charge in [-0.15, -0.1) is 0 Å². The number of benzene rings is 5. The lowest BCUT2D eigenvalue weighted by atomic mass is 9.69. The lowest BCUT2D eigenvalue weighted by Gasteiger charge is -2.31. The van der Waals surface area contributed by atoms with E-state index in [0.717, 1.165) is 22.2 Å². The third-order valence-electron chi connectivity index (χ3n) is 8.00. The molecule has 5 aromatic carbocycles. The first-order valence-corrected chi connectivity index (χ1v) is 12.4. The Labute approximate surface area is 211 Å². The summed E-state index contributed by atoms with van der Waals surface area (Å²) in [4.78, 5) is 5.27. The first kappa shape index (κ1) is 19.8. The molecule has 2 aliphatic rings. The molecule has 0 atom stereocenters. The molecule has 1 spiro atoms. The van der Waals surface area contributed by atoms with E-state index in [0.29, 0.717) is 0 Å². The molecule has 1 nitrogen and oxygen atoms in total. The molecule has 164 valence electrons. The van der Waals surface area contributed by atoms with Crippen molar-refractivity contribution < 1.29 is 0 Å². The quantitative estimate of drug-likeness (QED) is 0.243. The molecule has 0 fully saturated rings. The maximum absolute atomic E-state index is 6.06. The van der Waals surface area contributed by atoms with Crippen molar-refractivity contribution in [3.8, 4) is 33.5 Å². The Bertz CT molecular complexity index is 1800. The summed E-state index contributed by atoms with van der Waals surface area (Å²) in [6, 6.07) is 43.5. The number of hydrogen-bond acceptors (Lipinski definition) is 1. The third-order valence-corrected chi connectivity index (χ3v) is 8.00. The Hall–Kier alpha value is -4.43. The van der Waals surface area contributed by atoms with Gasteiger partial charge in [0, 0.05) is 16.5 Å². The van der Waals surface area contributed by atoms with Crippen molar-refractivity contribution in [3.63, 3.8) is 0 Å². The topological polar surface area (TPSA) is 12.9 Å². The van der Waals surface area contributed by atoms with Gasteiger partial charge in [-0.2, -0.15) is 0 Å². The van der Waals surface area contributed by atoms with Gasteiger partial charge < -0.3 is 0 Å². The molecule has 0 bridgehead atoms. The average molecular weight is 453 g/mol. The minimum Gasteiger partial charge on any atom is -0.247 e. The molecule has 0 saturated heterocycles. The summed E-state index contributed by atoms with van der Waals surface area (Å²) in [6.07, 6.45) is 0. The van der Waals surface area contributed by atoms with Crippen molar-refractivity contribution in [2.75, 3.05) is 0 Å². The summed E-state index contributed by atoms with van der Waals surface area (Å²) in [7, 11) is 6.06. The molecule has 8 rings (SSSR count). The largest absolute Gasteiger partial charge is 0.247 e. The van der Waals surface area contributed by atoms with E-state index in [4.69, 9.17) is 12.8 Å². The highest BCUT2D eigenvalue weighted by Crippen LogP contribution is 2.64. The van der Waals surface area contributed by atoms with Crippen molar-refractivity contribution in [2.45, 2.75) is 5.41 Å². The van der Waals surface area contributed by atoms with E-state index < -0.39 is 5.41 Å². The van der Waals surface area contributed by atoms with E-state index in [9.17, 15) is 0 Å². The van der Waals surface area contributed by atoms with E-state index >= 15 is 0 Å². The van der Waals surface area contributed by atoms with Crippen LogP contribution in [0.15, 0.2) is 121 Å². The summed E-state index contributed by atoms with van der Waals surface area (Å²) in [6.45, 7) is 0. The fraction of sp³-hybridized carbons (Fsp3) is 0.0294. The second kappa shape index (κ2) is 7.05. The number of rotatable bonds is 1. The molecule has 0 aliphatic heterocycles. The van der Waals surface area contributed by atoms with E-state index in [-0.39, 0.29) is 0 Å². The Kier molecular flexibility index (Phi) is 3.89. The summed E-state index contributed by atoms with van der Waals surface area (Å²) >= 11 is 0. The second-order valence-electron chi connectivity index (χ2n) is 9.74. The molecular weight excluding hydrogens is 433 g/mol. The smallest absolute Gasteiger partial charge is 0.113 e. The summed E-state index contributed by atoms with van der Waals surface area (Å²) < 4.78 is 0. The average Bonchev–Trinajstić information content (AvgIpc) is 3.41. The van der Waals surface area contributed by atoms with Gasteiger partial charge in [0.2, 0.25) is 0 Å². The van der Waals surface area contributed by atoms with Crippen LogP contribution in [-0.4, -0.2) is 12.8 Å². The van der Waals surface area contributed by atoms with Gasteiger partial charge in [-0.3, -0.25) is 0 Å². The second-order valence-corrected chi connectivity index (χ2v) is 9.74. The molecule has 2 aliphatic carbocycles. The standard InChI is InChI=1S/C34H20BN/c35-22-19-17-21(18-20-22)33-31-25-11-3-7-15-29(25)34(32(31)26-12-4-8-16-30(26)36-33)27-13-5-1-9-23(27)24-10-2-6-14-28(24)34/h1-20H. The Morgan fingerprint density at radius 2 is 1.06 bits per heavy atom. The lowest BCUT2D eigenvalue weighted by molar-refractivity contribution is 0.801. The highest BCUT2D eigenvalue weighted by molar-refractivity contribution is 6.32. The van der Waals surface area contributed by atoms with Gasteiger partial charge in [-0.25, -0.2) is 4.98 Å². The third kappa shape index (κ3) is 2.34. The molecule has 0 saturated carbocycles. The molecule has 36 heavy (non-hydrogen) atoms. The van der Waals surface area contributed by atoms with E-state index in [1.54, 1.807) is 0 Å². The number of para-hydroxylation sites is 1. The molecule has 2 radical (unpaired) electrons. The first-order valence-electron chi connectivity index (χ1n) is 12.4. The Morgan fingerprint density at radius 3 is 1.72 bits per heavy atom. The summed E-state index contributed by atoms with van der Waals surface area (Å²) in [5.74, 6) is 0. The van der Waals surface area contributed by atoms with Gasteiger partial charge in [0.25, 0.3) is 0 Å². The molecular formula is C34H20BN. The zero-order valence-corrected chi connectivity index (χ0v) is 19.6. The monoisotopic (exact) mass is 453 g/mol. The molecule has 0 N–H and O–H groups in total. The maximum atomic E-state index is 6.06. The van der Waals surface area contributed by atoms with Crippen molar-refractivity contribution in [1.82, 2.24) is 4.98 Å². The van der Waals surface area contributed by atoms with Gasteiger partial charge in [-0.05, 0) is 45.0 Å². The van der Waals surface area contributed by atoms with Crippen LogP contribution in [0.5, 0.6) is 0 Å². The van der Waals surface area contributed by atoms with Crippen LogP contribution in [0.4, 0.5) is 0 Å². The molecule has 6 aromatic rings. The fourth-order valence-corrected chi connectivity index (χ4v) is 6.67. The molecule has 0 unspecified atom stereocenters. The van der Waals surface area contributed by atoms with E-state index in [1.165, 1.54) is 49.9 Å². The van der Waals surface area contributed by atoms with Crippen LogP contribution in [-0.2, 0) is 5.41 Å². The number of nitrogens with zero attached hydrogens (tertiary/aromatic N) is 1. The highest BCUT2D eigenvalue weighted by atomic mass is 14.7. The Morgan fingerprint density at radius 1 is 0.528 bits per heavy atom. The van der Waals surface area contributed by atoms with Crippen molar-refractivity contribution >= 4 is 24.2 Å². The zero-order valence-electron chi connectivity index (χ0n) is 19.6. The molecule has 0 amide bonds. The van der Waals surface area contributed by atoms with Crippen LogP contribution in [0.2, 0.25) is 0 Å².